The van der Waals surface area contributed by atoms with Gasteiger partial charge in [-0.05, 0) is 47.0 Å². The molecule has 1 aromatic rings. The van der Waals surface area contributed by atoms with E-state index in [2.05, 4.69) is 21.2 Å². The van der Waals surface area contributed by atoms with Crippen molar-refractivity contribution in [1.82, 2.24) is 0 Å². The summed E-state index contributed by atoms with van der Waals surface area (Å²) >= 11 is 3.38. The number of benzene rings is 1. The molecule has 0 bridgehead atoms. The van der Waals surface area contributed by atoms with Gasteiger partial charge in [0.2, 0.25) is 5.91 Å². The smallest absolute Gasteiger partial charge is 0.224 e. The number of nitrogens with one attached hydrogen (secondary N) is 1. The SMILES string of the molecule is COCCCCC(=O)Nc1ccc(OC)c(Br)c1. The summed E-state index contributed by atoms with van der Waals surface area (Å²) in [6.07, 6.45) is 2.24. The zero-order valence-electron chi connectivity index (χ0n) is 10.7. The molecule has 1 rings (SSSR count). The lowest BCUT2D eigenvalue weighted by molar-refractivity contribution is -0.116. The molecule has 0 saturated carbocycles. The van der Waals surface area contributed by atoms with Crippen molar-refractivity contribution in [3.05, 3.63) is 22.7 Å². The third-order valence-corrected chi connectivity index (χ3v) is 3.06. The van der Waals surface area contributed by atoms with Crippen LogP contribution in [0.3, 0.4) is 0 Å². The molecule has 0 aromatic heterocycles. The summed E-state index contributed by atoms with van der Waals surface area (Å²) in [6, 6.07) is 5.45. The first-order valence-electron chi connectivity index (χ1n) is 5.79. The third-order valence-electron chi connectivity index (χ3n) is 2.44. The summed E-state index contributed by atoms with van der Waals surface area (Å²) in [5, 5.41) is 2.85. The number of carbonyl (C=O) groups excluding carboxylic acids is 1. The fourth-order valence-electron chi connectivity index (χ4n) is 1.50. The quantitative estimate of drug-likeness (QED) is 0.786. The maximum absolute atomic E-state index is 11.6. The summed E-state index contributed by atoms with van der Waals surface area (Å²) in [5.74, 6) is 0.760. The van der Waals surface area contributed by atoms with Crippen molar-refractivity contribution in [2.24, 2.45) is 0 Å². The van der Waals surface area contributed by atoms with Crippen LogP contribution in [0.15, 0.2) is 22.7 Å². The molecule has 0 heterocycles. The van der Waals surface area contributed by atoms with Gasteiger partial charge in [-0.3, -0.25) is 4.79 Å². The van der Waals surface area contributed by atoms with Gasteiger partial charge in [0.05, 0.1) is 11.6 Å². The zero-order chi connectivity index (χ0) is 13.4. The molecule has 0 spiro atoms. The Morgan fingerprint density at radius 3 is 2.72 bits per heavy atom. The van der Waals surface area contributed by atoms with Crippen LogP contribution in [0.5, 0.6) is 5.75 Å². The number of halogens is 1. The number of unbranched alkanes of at least 4 members (excludes halogenated alkanes) is 1. The van der Waals surface area contributed by atoms with Crippen molar-refractivity contribution in [3.63, 3.8) is 0 Å². The molecule has 0 unspecified atom stereocenters. The van der Waals surface area contributed by atoms with Crippen molar-refractivity contribution in [2.45, 2.75) is 19.3 Å². The molecule has 1 N–H and O–H groups in total. The molecular formula is C13H18BrNO3. The Bertz CT molecular complexity index is 396. The maximum Gasteiger partial charge on any atom is 0.224 e. The van der Waals surface area contributed by atoms with E-state index in [1.807, 2.05) is 18.2 Å². The van der Waals surface area contributed by atoms with Crippen LogP contribution in [0.1, 0.15) is 19.3 Å². The minimum atomic E-state index is 0.0168. The average Bonchev–Trinajstić information content (AvgIpc) is 2.35. The summed E-state index contributed by atoms with van der Waals surface area (Å²) in [7, 11) is 3.27. The summed E-state index contributed by atoms with van der Waals surface area (Å²) in [5.41, 5.74) is 0.763. The van der Waals surface area contributed by atoms with Crippen LogP contribution in [0, 0.1) is 0 Å². The molecule has 1 amide bonds. The Morgan fingerprint density at radius 1 is 1.33 bits per heavy atom. The second-order valence-electron chi connectivity index (χ2n) is 3.85. The fraction of sp³-hybridized carbons (Fsp3) is 0.462. The van der Waals surface area contributed by atoms with Crippen molar-refractivity contribution in [1.29, 1.82) is 0 Å². The van der Waals surface area contributed by atoms with E-state index in [1.54, 1.807) is 14.2 Å². The average molecular weight is 316 g/mol. The van der Waals surface area contributed by atoms with Gasteiger partial charge >= 0.3 is 0 Å². The van der Waals surface area contributed by atoms with Crippen LogP contribution >= 0.6 is 15.9 Å². The monoisotopic (exact) mass is 315 g/mol. The molecule has 100 valence electrons. The predicted octanol–water partition coefficient (Wildman–Crippen LogP) is 3.21. The van der Waals surface area contributed by atoms with E-state index >= 15 is 0 Å². The Balaban J connectivity index is 2.42. The highest BCUT2D eigenvalue weighted by Gasteiger charge is 2.05. The van der Waals surface area contributed by atoms with Crippen molar-refractivity contribution in [3.8, 4) is 5.75 Å². The molecule has 0 aliphatic heterocycles. The Morgan fingerprint density at radius 2 is 2.11 bits per heavy atom. The highest BCUT2D eigenvalue weighted by molar-refractivity contribution is 9.10. The van der Waals surface area contributed by atoms with E-state index < -0.39 is 0 Å². The van der Waals surface area contributed by atoms with Gasteiger partial charge < -0.3 is 14.8 Å². The lowest BCUT2D eigenvalue weighted by Crippen LogP contribution is -2.11. The van der Waals surface area contributed by atoms with Gasteiger partial charge in [-0.25, -0.2) is 0 Å². The number of methoxy groups -OCH3 is 2. The van der Waals surface area contributed by atoms with Gasteiger partial charge in [0.15, 0.2) is 0 Å². The van der Waals surface area contributed by atoms with Crippen LogP contribution in [-0.2, 0) is 9.53 Å². The molecule has 18 heavy (non-hydrogen) atoms. The predicted molar refractivity (Wildman–Crippen MR) is 75.1 cm³/mol. The highest BCUT2D eigenvalue weighted by atomic mass is 79.9. The molecule has 0 aliphatic carbocycles. The first-order valence-corrected chi connectivity index (χ1v) is 6.59. The van der Waals surface area contributed by atoms with E-state index in [-0.39, 0.29) is 5.91 Å². The molecule has 1 aromatic carbocycles. The first kappa shape index (κ1) is 15.0. The van der Waals surface area contributed by atoms with E-state index in [1.165, 1.54) is 0 Å². The molecule has 0 aliphatic rings. The number of rotatable bonds is 7. The Hall–Kier alpha value is -1.07. The van der Waals surface area contributed by atoms with Gasteiger partial charge in [-0.15, -0.1) is 0 Å². The van der Waals surface area contributed by atoms with Crippen LogP contribution in [0.25, 0.3) is 0 Å². The Kier molecular flexibility index (Phi) is 6.75. The van der Waals surface area contributed by atoms with Gasteiger partial charge in [0.25, 0.3) is 0 Å². The summed E-state index contributed by atoms with van der Waals surface area (Å²) in [4.78, 5) is 11.6. The number of anilines is 1. The summed E-state index contributed by atoms with van der Waals surface area (Å²) < 4.78 is 10.9. The topological polar surface area (TPSA) is 47.6 Å². The molecule has 5 heteroatoms. The molecule has 4 nitrogen and oxygen atoms in total. The number of hydrogen-bond acceptors (Lipinski definition) is 3. The zero-order valence-corrected chi connectivity index (χ0v) is 12.2. The van der Waals surface area contributed by atoms with Crippen LogP contribution < -0.4 is 10.1 Å². The molecule has 0 fully saturated rings. The van der Waals surface area contributed by atoms with Crippen molar-refractivity contribution in [2.75, 3.05) is 26.1 Å². The van der Waals surface area contributed by atoms with E-state index in [4.69, 9.17) is 9.47 Å². The number of amides is 1. The van der Waals surface area contributed by atoms with Crippen LogP contribution in [-0.4, -0.2) is 26.7 Å². The minimum absolute atomic E-state index is 0.0168. The van der Waals surface area contributed by atoms with Gasteiger partial charge in [-0.1, -0.05) is 0 Å². The van der Waals surface area contributed by atoms with Crippen molar-refractivity contribution >= 4 is 27.5 Å². The van der Waals surface area contributed by atoms with E-state index in [0.29, 0.717) is 13.0 Å². The maximum atomic E-state index is 11.6. The van der Waals surface area contributed by atoms with Gasteiger partial charge in [-0.2, -0.15) is 0 Å². The fourth-order valence-corrected chi connectivity index (χ4v) is 2.04. The largest absolute Gasteiger partial charge is 0.496 e. The highest BCUT2D eigenvalue weighted by Crippen LogP contribution is 2.27. The van der Waals surface area contributed by atoms with Crippen LogP contribution in [0.2, 0.25) is 0 Å². The minimum Gasteiger partial charge on any atom is -0.496 e. The standard InChI is InChI=1S/C13H18BrNO3/c1-17-8-4-3-5-13(16)15-10-6-7-12(18-2)11(14)9-10/h6-7,9H,3-5,8H2,1-2H3,(H,15,16). The molecule has 0 radical (unpaired) electrons. The van der Waals surface area contributed by atoms with E-state index in [9.17, 15) is 4.79 Å². The lowest BCUT2D eigenvalue weighted by Gasteiger charge is -2.08. The normalized spacial score (nSPS) is 10.2. The molecular weight excluding hydrogens is 298 g/mol. The second-order valence-corrected chi connectivity index (χ2v) is 4.70. The number of hydrogen-bond donors (Lipinski definition) is 1. The molecule has 0 atom stereocenters. The lowest BCUT2D eigenvalue weighted by atomic mass is 10.2. The third kappa shape index (κ3) is 5.06. The van der Waals surface area contributed by atoms with E-state index in [0.717, 1.165) is 28.8 Å². The van der Waals surface area contributed by atoms with Gasteiger partial charge in [0, 0.05) is 25.8 Å². The van der Waals surface area contributed by atoms with Gasteiger partial charge in [0.1, 0.15) is 5.75 Å². The summed E-state index contributed by atoms with van der Waals surface area (Å²) in [6.45, 7) is 0.696. The number of carbonyl (C=O) groups is 1. The number of ether oxygens (including phenoxy) is 2. The first-order chi connectivity index (χ1) is 8.67. The Labute approximate surface area is 116 Å². The van der Waals surface area contributed by atoms with Crippen molar-refractivity contribution < 1.29 is 14.3 Å². The second kappa shape index (κ2) is 8.11. The molecule has 0 saturated heterocycles. The van der Waals surface area contributed by atoms with Crippen LogP contribution in [0.4, 0.5) is 5.69 Å².